The van der Waals surface area contributed by atoms with Gasteiger partial charge in [0.05, 0.1) is 6.61 Å². The van der Waals surface area contributed by atoms with Crippen molar-refractivity contribution < 1.29 is 14.3 Å². The van der Waals surface area contributed by atoms with E-state index in [0.717, 1.165) is 25.9 Å². The van der Waals surface area contributed by atoms with E-state index >= 15 is 0 Å². The summed E-state index contributed by atoms with van der Waals surface area (Å²) in [5.41, 5.74) is 0. The van der Waals surface area contributed by atoms with Gasteiger partial charge in [-0.3, -0.25) is 0 Å². The van der Waals surface area contributed by atoms with Crippen molar-refractivity contribution in [2.75, 3.05) is 26.9 Å². The maximum Gasteiger partial charge on any atom is 0.407 e. The van der Waals surface area contributed by atoms with Crippen LogP contribution < -0.4 is 5.32 Å². The Bertz CT molecular complexity index is 128. The molecular formula is C9H19NO3. The Kier molecular flexibility index (Phi) is 8.77. The number of methoxy groups -OCH3 is 1. The van der Waals surface area contributed by atoms with Gasteiger partial charge in [-0.05, 0) is 26.2 Å². The summed E-state index contributed by atoms with van der Waals surface area (Å²) < 4.78 is 9.59. The Hall–Kier alpha value is -0.770. The molecule has 0 aromatic carbocycles. The van der Waals surface area contributed by atoms with Crippen molar-refractivity contribution in [3.05, 3.63) is 0 Å². The summed E-state index contributed by atoms with van der Waals surface area (Å²) in [6.45, 7) is 3.69. The SMILES string of the molecule is CCOC(=O)NCCCCCOC. The first-order valence-electron chi connectivity index (χ1n) is 4.70. The predicted octanol–water partition coefficient (Wildman–Crippen LogP) is 1.55. The number of rotatable bonds is 7. The molecular weight excluding hydrogens is 170 g/mol. The molecule has 0 unspecified atom stereocenters. The minimum Gasteiger partial charge on any atom is -0.450 e. The van der Waals surface area contributed by atoms with E-state index in [1.807, 2.05) is 0 Å². The van der Waals surface area contributed by atoms with Crippen LogP contribution >= 0.6 is 0 Å². The average Bonchev–Trinajstić information content (AvgIpc) is 2.11. The smallest absolute Gasteiger partial charge is 0.407 e. The molecule has 78 valence electrons. The average molecular weight is 189 g/mol. The summed E-state index contributed by atoms with van der Waals surface area (Å²) in [5.74, 6) is 0. The molecule has 0 radical (unpaired) electrons. The van der Waals surface area contributed by atoms with Crippen LogP contribution in [0.1, 0.15) is 26.2 Å². The van der Waals surface area contributed by atoms with Gasteiger partial charge in [0.1, 0.15) is 0 Å². The standard InChI is InChI=1S/C9H19NO3/c1-3-13-9(11)10-7-5-4-6-8-12-2/h3-8H2,1-2H3,(H,10,11). The van der Waals surface area contributed by atoms with E-state index in [1.165, 1.54) is 0 Å². The Balaban J connectivity index is 3.02. The van der Waals surface area contributed by atoms with Crippen molar-refractivity contribution >= 4 is 6.09 Å². The van der Waals surface area contributed by atoms with Crippen molar-refractivity contribution in [2.24, 2.45) is 0 Å². The molecule has 1 amide bonds. The lowest BCUT2D eigenvalue weighted by Crippen LogP contribution is -2.25. The second kappa shape index (κ2) is 9.32. The molecule has 0 aliphatic heterocycles. The molecule has 0 atom stereocenters. The van der Waals surface area contributed by atoms with Gasteiger partial charge in [0.25, 0.3) is 0 Å². The van der Waals surface area contributed by atoms with E-state index in [2.05, 4.69) is 5.32 Å². The van der Waals surface area contributed by atoms with E-state index in [-0.39, 0.29) is 6.09 Å². The highest BCUT2D eigenvalue weighted by molar-refractivity contribution is 5.66. The third-order valence-corrected chi connectivity index (χ3v) is 1.57. The molecule has 0 saturated carbocycles. The summed E-state index contributed by atoms with van der Waals surface area (Å²) in [5, 5.41) is 2.66. The number of nitrogens with one attached hydrogen (secondary N) is 1. The third-order valence-electron chi connectivity index (χ3n) is 1.57. The van der Waals surface area contributed by atoms with Crippen LogP contribution in [-0.4, -0.2) is 33.0 Å². The van der Waals surface area contributed by atoms with Gasteiger partial charge in [0.15, 0.2) is 0 Å². The van der Waals surface area contributed by atoms with Crippen molar-refractivity contribution in [3.8, 4) is 0 Å². The molecule has 4 nitrogen and oxygen atoms in total. The molecule has 0 aromatic rings. The fourth-order valence-corrected chi connectivity index (χ4v) is 0.921. The summed E-state index contributed by atoms with van der Waals surface area (Å²) in [4.78, 5) is 10.8. The van der Waals surface area contributed by atoms with Crippen LogP contribution in [0.25, 0.3) is 0 Å². The number of hydrogen-bond acceptors (Lipinski definition) is 3. The lowest BCUT2D eigenvalue weighted by molar-refractivity contribution is 0.152. The molecule has 0 heterocycles. The third kappa shape index (κ3) is 9.14. The maximum atomic E-state index is 10.8. The van der Waals surface area contributed by atoms with Gasteiger partial charge in [0.2, 0.25) is 0 Å². The molecule has 0 aliphatic carbocycles. The normalized spacial score (nSPS) is 9.69. The second-order valence-corrected chi connectivity index (χ2v) is 2.70. The Morgan fingerprint density at radius 1 is 1.31 bits per heavy atom. The molecule has 0 aromatic heterocycles. The summed E-state index contributed by atoms with van der Waals surface area (Å²) in [7, 11) is 1.69. The van der Waals surface area contributed by atoms with Gasteiger partial charge in [0, 0.05) is 20.3 Å². The Morgan fingerprint density at radius 2 is 2.08 bits per heavy atom. The molecule has 4 heteroatoms. The van der Waals surface area contributed by atoms with Crippen molar-refractivity contribution in [1.82, 2.24) is 5.32 Å². The largest absolute Gasteiger partial charge is 0.450 e. The first-order chi connectivity index (χ1) is 6.31. The zero-order valence-electron chi connectivity index (χ0n) is 8.47. The molecule has 0 rings (SSSR count). The summed E-state index contributed by atoms with van der Waals surface area (Å²) in [6.07, 6.45) is 2.76. The number of ether oxygens (including phenoxy) is 2. The monoisotopic (exact) mass is 189 g/mol. The van der Waals surface area contributed by atoms with Crippen LogP contribution in [0.15, 0.2) is 0 Å². The topological polar surface area (TPSA) is 47.6 Å². The number of carbonyl (C=O) groups excluding carboxylic acids is 1. The van der Waals surface area contributed by atoms with Gasteiger partial charge in [-0.15, -0.1) is 0 Å². The van der Waals surface area contributed by atoms with E-state index < -0.39 is 0 Å². The number of hydrogen-bond donors (Lipinski definition) is 1. The van der Waals surface area contributed by atoms with Crippen LogP contribution in [0.2, 0.25) is 0 Å². The van der Waals surface area contributed by atoms with Crippen molar-refractivity contribution in [3.63, 3.8) is 0 Å². The van der Waals surface area contributed by atoms with Crippen molar-refractivity contribution in [1.29, 1.82) is 0 Å². The van der Waals surface area contributed by atoms with Crippen LogP contribution in [0.5, 0.6) is 0 Å². The summed E-state index contributed by atoms with van der Waals surface area (Å²) >= 11 is 0. The fraction of sp³-hybridized carbons (Fsp3) is 0.889. The molecule has 0 fully saturated rings. The van der Waals surface area contributed by atoms with Crippen molar-refractivity contribution in [2.45, 2.75) is 26.2 Å². The van der Waals surface area contributed by atoms with Gasteiger partial charge < -0.3 is 14.8 Å². The van der Waals surface area contributed by atoms with Crippen LogP contribution in [0.3, 0.4) is 0 Å². The van der Waals surface area contributed by atoms with E-state index in [1.54, 1.807) is 14.0 Å². The number of amides is 1. The molecule has 0 spiro atoms. The summed E-state index contributed by atoms with van der Waals surface area (Å²) in [6, 6.07) is 0. The number of unbranched alkanes of at least 4 members (excludes halogenated alkanes) is 2. The lowest BCUT2D eigenvalue weighted by atomic mass is 10.2. The minimum absolute atomic E-state index is 0.325. The van der Waals surface area contributed by atoms with Gasteiger partial charge in [-0.25, -0.2) is 4.79 Å². The molecule has 1 N–H and O–H groups in total. The molecule has 0 aliphatic rings. The van der Waals surface area contributed by atoms with Crippen LogP contribution in [0.4, 0.5) is 4.79 Å². The van der Waals surface area contributed by atoms with E-state index in [9.17, 15) is 4.79 Å². The lowest BCUT2D eigenvalue weighted by Gasteiger charge is -2.04. The van der Waals surface area contributed by atoms with Gasteiger partial charge in [-0.2, -0.15) is 0 Å². The van der Waals surface area contributed by atoms with E-state index in [4.69, 9.17) is 9.47 Å². The van der Waals surface area contributed by atoms with Gasteiger partial charge >= 0.3 is 6.09 Å². The highest BCUT2D eigenvalue weighted by Gasteiger charge is 1.97. The number of carbonyl (C=O) groups is 1. The Labute approximate surface area is 79.6 Å². The molecule has 0 bridgehead atoms. The quantitative estimate of drug-likeness (QED) is 0.618. The van der Waals surface area contributed by atoms with Crippen LogP contribution in [-0.2, 0) is 9.47 Å². The molecule has 13 heavy (non-hydrogen) atoms. The molecule has 0 saturated heterocycles. The first kappa shape index (κ1) is 12.2. The highest BCUT2D eigenvalue weighted by Crippen LogP contribution is 1.93. The second-order valence-electron chi connectivity index (χ2n) is 2.70. The predicted molar refractivity (Wildman–Crippen MR) is 50.8 cm³/mol. The van der Waals surface area contributed by atoms with Crippen LogP contribution in [0, 0.1) is 0 Å². The number of alkyl carbamates (subject to hydrolysis) is 1. The maximum absolute atomic E-state index is 10.8. The highest BCUT2D eigenvalue weighted by atomic mass is 16.5. The Morgan fingerprint density at radius 3 is 2.69 bits per heavy atom. The minimum atomic E-state index is -0.325. The fourth-order valence-electron chi connectivity index (χ4n) is 0.921. The zero-order chi connectivity index (χ0) is 9.94. The first-order valence-corrected chi connectivity index (χ1v) is 4.70. The van der Waals surface area contributed by atoms with Gasteiger partial charge in [-0.1, -0.05) is 0 Å². The van der Waals surface area contributed by atoms with E-state index in [0.29, 0.717) is 13.2 Å². The zero-order valence-corrected chi connectivity index (χ0v) is 8.47.